The number of nitro groups is 1. The topological polar surface area (TPSA) is 98.5 Å². The predicted octanol–water partition coefficient (Wildman–Crippen LogP) is 2.10. The van der Waals surface area contributed by atoms with Crippen molar-refractivity contribution in [3.05, 3.63) is 51.2 Å². The van der Waals surface area contributed by atoms with E-state index in [-0.39, 0.29) is 17.9 Å². The fourth-order valence-electron chi connectivity index (χ4n) is 1.65. The highest BCUT2D eigenvalue weighted by Crippen LogP contribution is 2.18. The smallest absolute Gasteiger partial charge is 0.332 e. The number of amides is 1. The molecule has 1 aromatic rings. The van der Waals surface area contributed by atoms with Gasteiger partial charge in [0, 0.05) is 29.0 Å². The van der Waals surface area contributed by atoms with E-state index >= 15 is 0 Å². The molecule has 7 nitrogen and oxygen atoms in total. The van der Waals surface area contributed by atoms with Gasteiger partial charge in [0.25, 0.3) is 11.6 Å². The average molecular weight is 292 g/mol. The Labute approximate surface area is 121 Å². The zero-order chi connectivity index (χ0) is 16.0. The number of aryl methyl sites for hydroxylation is 1. The van der Waals surface area contributed by atoms with E-state index in [1.54, 1.807) is 20.8 Å². The quantitative estimate of drug-likeness (QED) is 0.388. The molecular weight excluding hydrogens is 276 g/mol. The third-order valence-electron chi connectivity index (χ3n) is 2.59. The molecule has 0 aliphatic carbocycles. The molecular formula is C14H16N2O5. The number of benzene rings is 1. The lowest BCUT2D eigenvalue weighted by Crippen LogP contribution is -2.22. The number of carbonyl (C=O) groups excluding carboxylic acids is 2. The highest BCUT2D eigenvalue weighted by Gasteiger charge is 2.14. The zero-order valence-corrected chi connectivity index (χ0v) is 12.0. The SMILES string of the molecule is CCOC(=O)/C=C(\C)NC(=O)c1ccc([N+](=O)[O-])c(C)c1. The van der Waals surface area contributed by atoms with Crippen LogP contribution in [0.25, 0.3) is 0 Å². The molecule has 1 amide bonds. The van der Waals surface area contributed by atoms with E-state index in [0.717, 1.165) is 0 Å². The minimum absolute atomic E-state index is 0.0506. The van der Waals surface area contributed by atoms with E-state index in [1.165, 1.54) is 24.3 Å². The van der Waals surface area contributed by atoms with Crippen LogP contribution in [0.2, 0.25) is 0 Å². The number of ether oxygens (including phenoxy) is 1. The van der Waals surface area contributed by atoms with Gasteiger partial charge in [-0.1, -0.05) is 0 Å². The largest absolute Gasteiger partial charge is 0.463 e. The first-order valence-electron chi connectivity index (χ1n) is 6.26. The van der Waals surface area contributed by atoms with Crippen LogP contribution in [0.15, 0.2) is 30.0 Å². The molecule has 1 aromatic carbocycles. The molecule has 1 N–H and O–H groups in total. The number of nitrogens with zero attached hydrogens (tertiary/aromatic N) is 1. The first-order valence-corrected chi connectivity index (χ1v) is 6.26. The predicted molar refractivity (Wildman–Crippen MR) is 75.7 cm³/mol. The summed E-state index contributed by atoms with van der Waals surface area (Å²) in [6, 6.07) is 4.05. The summed E-state index contributed by atoms with van der Waals surface area (Å²) in [7, 11) is 0. The number of allylic oxidation sites excluding steroid dienone is 1. The fourth-order valence-corrected chi connectivity index (χ4v) is 1.65. The number of nitro benzene ring substituents is 1. The molecule has 0 aliphatic heterocycles. The Morgan fingerprint density at radius 3 is 2.62 bits per heavy atom. The summed E-state index contributed by atoms with van der Waals surface area (Å²) in [4.78, 5) is 33.4. The van der Waals surface area contributed by atoms with Crippen LogP contribution >= 0.6 is 0 Å². The van der Waals surface area contributed by atoms with E-state index in [1.807, 2.05) is 0 Å². The molecule has 0 bridgehead atoms. The molecule has 0 fully saturated rings. The van der Waals surface area contributed by atoms with Crippen molar-refractivity contribution in [2.75, 3.05) is 6.61 Å². The standard InChI is InChI=1S/C14H16N2O5/c1-4-21-13(17)8-10(3)15-14(18)11-5-6-12(16(19)20)9(2)7-11/h5-8H,4H2,1-3H3,(H,15,18)/b10-8+. The average Bonchev–Trinajstić information content (AvgIpc) is 2.37. The Morgan fingerprint density at radius 2 is 2.10 bits per heavy atom. The lowest BCUT2D eigenvalue weighted by Gasteiger charge is -2.06. The van der Waals surface area contributed by atoms with Crippen molar-refractivity contribution in [2.24, 2.45) is 0 Å². The van der Waals surface area contributed by atoms with Gasteiger partial charge in [0.15, 0.2) is 0 Å². The molecule has 0 saturated heterocycles. The Balaban J connectivity index is 2.83. The molecule has 112 valence electrons. The fraction of sp³-hybridized carbons (Fsp3) is 0.286. The molecule has 0 spiro atoms. The maximum atomic E-state index is 12.0. The van der Waals surface area contributed by atoms with Crippen molar-refractivity contribution < 1.29 is 19.2 Å². The summed E-state index contributed by atoms with van der Waals surface area (Å²) in [5, 5.41) is 13.2. The normalized spacial score (nSPS) is 10.9. The number of carbonyl (C=O) groups is 2. The molecule has 1 rings (SSSR count). The third kappa shape index (κ3) is 4.72. The second-order valence-electron chi connectivity index (χ2n) is 4.29. The molecule has 0 unspecified atom stereocenters. The van der Waals surface area contributed by atoms with E-state index in [2.05, 4.69) is 5.32 Å². The second kappa shape index (κ2) is 7.18. The van der Waals surface area contributed by atoms with Gasteiger partial charge in [-0.15, -0.1) is 0 Å². The summed E-state index contributed by atoms with van der Waals surface area (Å²) in [5.74, 6) is -0.999. The zero-order valence-electron chi connectivity index (χ0n) is 12.0. The molecule has 7 heteroatoms. The van der Waals surface area contributed by atoms with Crippen LogP contribution in [0, 0.1) is 17.0 Å². The summed E-state index contributed by atoms with van der Waals surface area (Å²) >= 11 is 0. The van der Waals surface area contributed by atoms with E-state index in [9.17, 15) is 19.7 Å². The van der Waals surface area contributed by atoms with Gasteiger partial charge in [0.1, 0.15) is 0 Å². The van der Waals surface area contributed by atoms with Gasteiger partial charge < -0.3 is 10.1 Å². The number of esters is 1. The summed E-state index contributed by atoms with van der Waals surface area (Å²) in [5.41, 5.74) is 0.939. The molecule has 0 aromatic heterocycles. The minimum atomic E-state index is -0.546. The van der Waals surface area contributed by atoms with Crippen LogP contribution in [-0.2, 0) is 9.53 Å². The van der Waals surface area contributed by atoms with E-state index in [0.29, 0.717) is 11.3 Å². The van der Waals surface area contributed by atoms with Gasteiger partial charge in [-0.3, -0.25) is 14.9 Å². The molecule has 0 aliphatic rings. The van der Waals surface area contributed by atoms with Crippen LogP contribution in [0.3, 0.4) is 0 Å². The van der Waals surface area contributed by atoms with Crippen molar-refractivity contribution >= 4 is 17.6 Å². The summed E-state index contributed by atoms with van der Waals surface area (Å²) < 4.78 is 4.72. The van der Waals surface area contributed by atoms with Gasteiger partial charge >= 0.3 is 5.97 Å². The van der Waals surface area contributed by atoms with Crippen molar-refractivity contribution in [1.82, 2.24) is 5.32 Å². The molecule has 0 atom stereocenters. The van der Waals surface area contributed by atoms with E-state index < -0.39 is 16.8 Å². The molecule has 0 heterocycles. The first-order chi connectivity index (χ1) is 9.85. The Bertz CT molecular complexity index is 607. The Kier molecular flexibility index (Phi) is 5.59. The lowest BCUT2D eigenvalue weighted by atomic mass is 10.1. The Hall–Kier alpha value is -2.70. The van der Waals surface area contributed by atoms with Crippen LogP contribution in [0.4, 0.5) is 5.69 Å². The van der Waals surface area contributed by atoms with Crippen LogP contribution in [0.1, 0.15) is 29.8 Å². The van der Waals surface area contributed by atoms with Gasteiger partial charge in [-0.05, 0) is 32.9 Å². The Morgan fingerprint density at radius 1 is 1.43 bits per heavy atom. The maximum Gasteiger partial charge on any atom is 0.332 e. The number of hydrogen-bond acceptors (Lipinski definition) is 5. The lowest BCUT2D eigenvalue weighted by molar-refractivity contribution is -0.385. The number of rotatable bonds is 5. The van der Waals surface area contributed by atoms with Gasteiger partial charge in [0.2, 0.25) is 0 Å². The van der Waals surface area contributed by atoms with Crippen molar-refractivity contribution in [3.63, 3.8) is 0 Å². The highest BCUT2D eigenvalue weighted by atomic mass is 16.6. The van der Waals surface area contributed by atoms with Crippen molar-refractivity contribution in [3.8, 4) is 0 Å². The van der Waals surface area contributed by atoms with Gasteiger partial charge in [-0.2, -0.15) is 0 Å². The molecule has 0 saturated carbocycles. The van der Waals surface area contributed by atoms with Crippen LogP contribution < -0.4 is 5.32 Å². The second-order valence-corrected chi connectivity index (χ2v) is 4.29. The maximum absolute atomic E-state index is 12.0. The van der Waals surface area contributed by atoms with Crippen LogP contribution in [-0.4, -0.2) is 23.4 Å². The van der Waals surface area contributed by atoms with Crippen molar-refractivity contribution in [1.29, 1.82) is 0 Å². The first kappa shape index (κ1) is 16.4. The number of hydrogen-bond donors (Lipinski definition) is 1. The van der Waals surface area contributed by atoms with Gasteiger partial charge in [-0.25, -0.2) is 4.79 Å². The highest BCUT2D eigenvalue weighted by molar-refractivity contribution is 5.96. The molecule has 21 heavy (non-hydrogen) atoms. The molecule has 0 radical (unpaired) electrons. The van der Waals surface area contributed by atoms with E-state index in [4.69, 9.17) is 4.74 Å². The minimum Gasteiger partial charge on any atom is -0.463 e. The van der Waals surface area contributed by atoms with Crippen LogP contribution in [0.5, 0.6) is 0 Å². The third-order valence-corrected chi connectivity index (χ3v) is 2.59. The van der Waals surface area contributed by atoms with Gasteiger partial charge in [0.05, 0.1) is 11.5 Å². The monoisotopic (exact) mass is 292 g/mol. The summed E-state index contributed by atoms with van der Waals surface area (Å²) in [6.07, 6.45) is 1.17. The summed E-state index contributed by atoms with van der Waals surface area (Å²) in [6.45, 7) is 5.03. The number of nitrogens with one attached hydrogen (secondary N) is 1. The van der Waals surface area contributed by atoms with Crippen molar-refractivity contribution in [2.45, 2.75) is 20.8 Å².